The SMILES string of the molecule is O=C(Nc1ccc2c(c1)C(=O)N(C1CCCCC1)C2=O)Nc1ccc(F)c(F)c1F. The molecular formula is C21H18F3N3O3. The fourth-order valence-electron chi connectivity index (χ4n) is 3.92. The van der Waals surface area contributed by atoms with E-state index in [2.05, 4.69) is 10.6 Å². The van der Waals surface area contributed by atoms with Crippen molar-refractivity contribution in [3.05, 3.63) is 58.9 Å². The zero-order valence-electron chi connectivity index (χ0n) is 15.8. The van der Waals surface area contributed by atoms with Gasteiger partial charge in [0.25, 0.3) is 11.8 Å². The van der Waals surface area contributed by atoms with E-state index in [1.165, 1.54) is 23.1 Å². The number of imide groups is 1. The molecule has 1 aliphatic carbocycles. The first-order chi connectivity index (χ1) is 14.4. The molecule has 1 aliphatic heterocycles. The molecule has 2 aromatic rings. The van der Waals surface area contributed by atoms with Gasteiger partial charge in [-0.25, -0.2) is 18.0 Å². The third-order valence-corrected chi connectivity index (χ3v) is 5.40. The minimum Gasteiger partial charge on any atom is -0.308 e. The summed E-state index contributed by atoms with van der Waals surface area (Å²) in [6.45, 7) is 0. The standard InChI is InChI=1S/C21H18F3N3O3/c22-15-8-9-16(18(24)17(15)23)26-21(30)25-11-6-7-13-14(10-11)20(29)27(19(13)28)12-4-2-1-3-5-12/h6-10,12H,1-5H2,(H2,25,26,30). The van der Waals surface area contributed by atoms with Crippen molar-refractivity contribution in [3.63, 3.8) is 0 Å². The highest BCUT2D eigenvalue weighted by molar-refractivity contribution is 6.22. The molecule has 6 nitrogen and oxygen atoms in total. The number of fused-ring (bicyclic) bond motifs is 1. The Bertz CT molecular complexity index is 1050. The van der Waals surface area contributed by atoms with Gasteiger partial charge in [-0.3, -0.25) is 14.5 Å². The number of carbonyl (C=O) groups is 3. The summed E-state index contributed by atoms with van der Waals surface area (Å²) >= 11 is 0. The van der Waals surface area contributed by atoms with E-state index in [0.717, 1.165) is 38.2 Å². The second-order valence-corrected chi connectivity index (χ2v) is 7.33. The van der Waals surface area contributed by atoms with E-state index in [1.807, 2.05) is 0 Å². The number of urea groups is 1. The highest BCUT2D eigenvalue weighted by atomic mass is 19.2. The molecule has 0 saturated heterocycles. The van der Waals surface area contributed by atoms with Crippen LogP contribution in [0.5, 0.6) is 0 Å². The van der Waals surface area contributed by atoms with Gasteiger partial charge in [-0.1, -0.05) is 19.3 Å². The number of anilines is 2. The molecular weight excluding hydrogens is 399 g/mol. The first kappa shape index (κ1) is 19.9. The highest BCUT2D eigenvalue weighted by Gasteiger charge is 2.40. The van der Waals surface area contributed by atoms with E-state index < -0.39 is 35.1 Å². The van der Waals surface area contributed by atoms with Crippen molar-refractivity contribution in [2.75, 3.05) is 10.6 Å². The predicted molar refractivity (Wildman–Crippen MR) is 103 cm³/mol. The van der Waals surface area contributed by atoms with Gasteiger partial charge in [0.05, 0.1) is 16.8 Å². The van der Waals surface area contributed by atoms with Gasteiger partial charge in [-0.05, 0) is 43.2 Å². The van der Waals surface area contributed by atoms with Gasteiger partial charge in [0, 0.05) is 11.7 Å². The zero-order chi connectivity index (χ0) is 21.4. The molecule has 156 valence electrons. The van der Waals surface area contributed by atoms with Gasteiger partial charge in [0.1, 0.15) is 0 Å². The smallest absolute Gasteiger partial charge is 0.308 e. The number of halogens is 3. The molecule has 30 heavy (non-hydrogen) atoms. The van der Waals surface area contributed by atoms with Crippen molar-refractivity contribution in [2.24, 2.45) is 0 Å². The van der Waals surface area contributed by atoms with Gasteiger partial charge >= 0.3 is 6.03 Å². The van der Waals surface area contributed by atoms with E-state index >= 15 is 0 Å². The second kappa shape index (κ2) is 7.81. The van der Waals surface area contributed by atoms with Crippen LogP contribution in [0.4, 0.5) is 29.3 Å². The number of rotatable bonds is 3. The average Bonchev–Trinajstić information content (AvgIpc) is 2.99. The highest BCUT2D eigenvalue weighted by Crippen LogP contribution is 2.32. The third-order valence-electron chi connectivity index (χ3n) is 5.40. The van der Waals surface area contributed by atoms with E-state index in [0.29, 0.717) is 6.07 Å². The molecule has 0 spiro atoms. The lowest BCUT2D eigenvalue weighted by molar-refractivity contribution is 0.0549. The molecule has 0 bridgehead atoms. The van der Waals surface area contributed by atoms with Crippen LogP contribution in [0.2, 0.25) is 0 Å². The Balaban J connectivity index is 1.50. The zero-order valence-corrected chi connectivity index (χ0v) is 15.8. The van der Waals surface area contributed by atoms with Crippen LogP contribution in [0.25, 0.3) is 0 Å². The molecule has 0 unspecified atom stereocenters. The van der Waals surface area contributed by atoms with Crippen LogP contribution in [0.15, 0.2) is 30.3 Å². The second-order valence-electron chi connectivity index (χ2n) is 7.33. The van der Waals surface area contributed by atoms with E-state index in [1.54, 1.807) is 0 Å². The van der Waals surface area contributed by atoms with Crippen LogP contribution < -0.4 is 10.6 Å². The number of amides is 4. The lowest BCUT2D eigenvalue weighted by Gasteiger charge is -2.29. The van der Waals surface area contributed by atoms with Gasteiger partial charge in [0.15, 0.2) is 17.5 Å². The van der Waals surface area contributed by atoms with Crippen molar-refractivity contribution in [1.82, 2.24) is 4.90 Å². The minimum atomic E-state index is -1.70. The van der Waals surface area contributed by atoms with Gasteiger partial charge < -0.3 is 10.6 Å². The normalized spacial score (nSPS) is 16.6. The number of carbonyl (C=O) groups excluding carboxylic acids is 3. The molecule has 2 aromatic carbocycles. The minimum absolute atomic E-state index is 0.123. The van der Waals surface area contributed by atoms with Crippen LogP contribution in [-0.2, 0) is 0 Å². The molecule has 1 heterocycles. The maximum atomic E-state index is 13.7. The van der Waals surface area contributed by atoms with Crippen LogP contribution in [0, 0.1) is 17.5 Å². The molecule has 1 saturated carbocycles. The molecule has 4 amide bonds. The van der Waals surface area contributed by atoms with Crippen LogP contribution >= 0.6 is 0 Å². The summed E-state index contributed by atoms with van der Waals surface area (Å²) in [5.41, 5.74) is 0.105. The quantitative estimate of drug-likeness (QED) is 0.562. The third kappa shape index (κ3) is 3.51. The van der Waals surface area contributed by atoms with Crippen LogP contribution in [0.3, 0.4) is 0 Å². The molecule has 0 aromatic heterocycles. The monoisotopic (exact) mass is 417 g/mol. The number of hydrogen-bond acceptors (Lipinski definition) is 3. The number of nitrogens with one attached hydrogen (secondary N) is 2. The topological polar surface area (TPSA) is 78.5 Å². The van der Waals surface area contributed by atoms with Gasteiger partial charge in [-0.15, -0.1) is 0 Å². The first-order valence-corrected chi connectivity index (χ1v) is 9.60. The summed E-state index contributed by atoms with van der Waals surface area (Å²) in [5.74, 6) is -5.35. The summed E-state index contributed by atoms with van der Waals surface area (Å²) in [5, 5.41) is 4.48. The maximum absolute atomic E-state index is 13.7. The van der Waals surface area contributed by atoms with Crippen molar-refractivity contribution in [3.8, 4) is 0 Å². The first-order valence-electron chi connectivity index (χ1n) is 9.60. The molecule has 2 aliphatic rings. The lowest BCUT2D eigenvalue weighted by atomic mass is 9.94. The van der Waals surface area contributed by atoms with Crippen LogP contribution in [0.1, 0.15) is 52.8 Å². The molecule has 0 atom stereocenters. The Kier molecular flexibility index (Phi) is 5.19. The van der Waals surface area contributed by atoms with Gasteiger partial charge in [-0.2, -0.15) is 0 Å². The molecule has 9 heteroatoms. The van der Waals surface area contributed by atoms with Crippen molar-refractivity contribution < 1.29 is 27.6 Å². The van der Waals surface area contributed by atoms with Crippen molar-refractivity contribution in [2.45, 2.75) is 38.1 Å². The fraction of sp³-hybridized carbons (Fsp3) is 0.286. The Hall–Kier alpha value is -3.36. The number of nitrogens with zero attached hydrogens (tertiary/aromatic N) is 1. The van der Waals surface area contributed by atoms with Crippen LogP contribution in [-0.4, -0.2) is 28.8 Å². The molecule has 2 N–H and O–H groups in total. The number of benzene rings is 2. The Morgan fingerprint density at radius 3 is 2.30 bits per heavy atom. The Morgan fingerprint density at radius 1 is 0.867 bits per heavy atom. The summed E-state index contributed by atoms with van der Waals surface area (Å²) in [7, 11) is 0. The Labute approximate surface area is 170 Å². The molecule has 1 fully saturated rings. The summed E-state index contributed by atoms with van der Waals surface area (Å²) in [6.07, 6.45) is 4.57. The largest absolute Gasteiger partial charge is 0.323 e. The fourth-order valence-corrected chi connectivity index (χ4v) is 3.92. The van der Waals surface area contributed by atoms with Gasteiger partial charge in [0.2, 0.25) is 0 Å². The van der Waals surface area contributed by atoms with E-state index in [4.69, 9.17) is 0 Å². The maximum Gasteiger partial charge on any atom is 0.323 e. The summed E-state index contributed by atoms with van der Waals surface area (Å²) in [6, 6.07) is 4.80. The predicted octanol–water partition coefficient (Wildman–Crippen LogP) is 4.68. The summed E-state index contributed by atoms with van der Waals surface area (Å²) < 4.78 is 40.0. The van der Waals surface area contributed by atoms with E-state index in [-0.39, 0.29) is 28.8 Å². The molecule has 4 rings (SSSR count). The summed E-state index contributed by atoms with van der Waals surface area (Å²) in [4.78, 5) is 38.9. The van der Waals surface area contributed by atoms with Crippen molar-refractivity contribution >= 4 is 29.2 Å². The lowest BCUT2D eigenvalue weighted by Crippen LogP contribution is -2.40. The van der Waals surface area contributed by atoms with Crippen molar-refractivity contribution in [1.29, 1.82) is 0 Å². The molecule has 0 radical (unpaired) electrons. The Morgan fingerprint density at radius 2 is 1.57 bits per heavy atom. The average molecular weight is 417 g/mol. The van der Waals surface area contributed by atoms with E-state index in [9.17, 15) is 27.6 Å². The number of hydrogen-bond donors (Lipinski definition) is 2.